The van der Waals surface area contributed by atoms with Gasteiger partial charge < -0.3 is 45.5 Å². The first kappa shape index (κ1) is 45.1. The molecule has 0 bridgehead atoms. The number of aromatic amines is 1. The number of benzene rings is 2. The van der Waals surface area contributed by atoms with Gasteiger partial charge in [-0.1, -0.05) is 35.6 Å². The number of aliphatic hydroxyl groups excluding tert-OH is 1. The van der Waals surface area contributed by atoms with Crippen LogP contribution in [0.1, 0.15) is 59.1 Å². The molecule has 322 valence electrons. The molecule has 1 aliphatic rings. The number of phenolic OH excluding ortho intramolecular Hbond substituents is 1. The number of aliphatic carboxylic acids is 2. The number of carbonyl (C=O) groups is 3. The zero-order valence-corrected chi connectivity index (χ0v) is 35.5. The lowest BCUT2D eigenvalue weighted by molar-refractivity contribution is -0.169. The Labute approximate surface area is 361 Å². The van der Waals surface area contributed by atoms with Gasteiger partial charge in [0.25, 0.3) is 0 Å². The normalized spacial score (nSPS) is 16.1. The van der Waals surface area contributed by atoms with Crippen molar-refractivity contribution in [3.05, 3.63) is 131 Å². The molecule has 18 heteroatoms. The van der Waals surface area contributed by atoms with Crippen LogP contribution in [0.5, 0.6) is 5.75 Å². The number of ether oxygens (including phenoxy) is 1. The van der Waals surface area contributed by atoms with Crippen LogP contribution in [-0.4, -0.2) is 90.2 Å². The van der Waals surface area contributed by atoms with Crippen LogP contribution in [0, 0.1) is 0 Å². The van der Waals surface area contributed by atoms with Crippen molar-refractivity contribution in [1.82, 2.24) is 19.8 Å². The Morgan fingerprint density at radius 3 is 2.26 bits per heavy atom. The fraction of sp³-hybridized carbons (Fsp3) is 0.326. The molecule has 61 heavy (non-hydrogen) atoms. The number of rotatable bonds is 16. The molecule has 4 heterocycles. The zero-order valence-electron chi connectivity index (χ0n) is 33.1. The minimum Gasteiger partial charge on any atom is -0.506 e. The summed E-state index contributed by atoms with van der Waals surface area (Å²) in [5, 5.41) is 55.8. The largest absolute Gasteiger partial charge is 0.506 e. The summed E-state index contributed by atoms with van der Waals surface area (Å²) in [6, 6.07) is 19.6. The number of aliphatic hydroxyl groups is 2. The van der Waals surface area contributed by atoms with Gasteiger partial charge in [0.1, 0.15) is 11.9 Å². The summed E-state index contributed by atoms with van der Waals surface area (Å²) in [7, 11) is 2.11. The number of nitrogens with zero attached hydrogens (tertiary/aromatic N) is 2. The van der Waals surface area contributed by atoms with Gasteiger partial charge in [-0.3, -0.25) is 14.2 Å². The molecular formula is C43H46N4O11S3. The Balaban J connectivity index is 0.000000708. The molecule has 7 N–H and O–H groups in total. The van der Waals surface area contributed by atoms with Crippen LogP contribution >= 0.6 is 34.0 Å². The van der Waals surface area contributed by atoms with E-state index in [1.807, 2.05) is 45.7 Å². The number of pyridine rings is 1. The summed E-state index contributed by atoms with van der Waals surface area (Å²) in [5.41, 5.74) is 0.663. The number of carbonyl (C=O) groups excluding carboxylic acids is 1. The number of thiazole rings is 1. The van der Waals surface area contributed by atoms with E-state index in [-0.39, 0.29) is 28.8 Å². The van der Waals surface area contributed by atoms with E-state index in [4.69, 9.17) is 14.9 Å². The number of H-pyrrole nitrogens is 1. The van der Waals surface area contributed by atoms with Gasteiger partial charge in [-0.25, -0.2) is 14.4 Å². The maximum absolute atomic E-state index is 13.4. The first-order valence-corrected chi connectivity index (χ1v) is 22.0. The Morgan fingerprint density at radius 1 is 0.967 bits per heavy atom. The van der Waals surface area contributed by atoms with Crippen molar-refractivity contribution in [1.29, 1.82) is 0 Å². The number of thiophene rings is 2. The third-order valence-corrected chi connectivity index (χ3v) is 13.4. The van der Waals surface area contributed by atoms with Crippen LogP contribution < -0.4 is 15.7 Å². The van der Waals surface area contributed by atoms with Gasteiger partial charge in [0, 0.05) is 49.3 Å². The molecule has 0 saturated heterocycles. The van der Waals surface area contributed by atoms with Crippen molar-refractivity contribution in [2.75, 3.05) is 20.1 Å². The highest BCUT2D eigenvalue weighted by Gasteiger charge is 2.45. The predicted octanol–water partition coefficient (Wildman–Crippen LogP) is 5.38. The Bertz CT molecular complexity index is 2540. The standard InChI is InChI=1S/C39H42N4O7S3.C4H4O4/c1-42(25-8-10-26(11-9-25)50-37(47)39(49,33-5-2-19-51-33)34-6-3-20-52-34)17-4-18-43-29-14-7-24(21-32(29)53-38(43)48)22-40-23-31(45)27-12-15-30(44)36-28(27)13-16-35(46)41-36;5-3(6)1-2-4(7)8/h2-3,5-7,12-16,19-21,25-26,31,40,44-45,49H,4,8-11,17-18,22-23H2,1H3,(H,41,46);1-2H,(H,5,6)(H,7,8)/b;2-1+/t25-,26-,31?;. The molecule has 2 aromatic carbocycles. The molecule has 7 rings (SSSR count). The number of carboxylic acid groups (broad SMARTS) is 2. The van der Waals surface area contributed by atoms with Gasteiger partial charge >= 0.3 is 22.8 Å². The van der Waals surface area contributed by atoms with Crippen molar-refractivity contribution in [2.24, 2.45) is 0 Å². The molecule has 0 amide bonds. The minimum atomic E-state index is -1.79. The molecule has 0 spiro atoms. The van der Waals surface area contributed by atoms with E-state index in [0.717, 1.165) is 54.4 Å². The van der Waals surface area contributed by atoms with Crippen LogP contribution in [-0.2, 0) is 37.8 Å². The summed E-state index contributed by atoms with van der Waals surface area (Å²) in [6.07, 6.45) is 4.04. The Hall–Kier alpha value is -5.47. The summed E-state index contributed by atoms with van der Waals surface area (Å²) in [6.45, 7) is 2.17. The summed E-state index contributed by atoms with van der Waals surface area (Å²) < 4.78 is 8.69. The molecular weight excluding hydrogens is 845 g/mol. The summed E-state index contributed by atoms with van der Waals surface area (Å²) in [5.74, 6) is -3.18. The number of phenols is 1. The first-order valence-electron chi connectivity index (χ1n) is 19.5. The second-order valence-electron chi connectivity index (χ2n) is 14.6. The highest BCUT2D eigenvalue weighted by molar-refractivity contribution is 7.16. The van der Waals surface area contributed by atoms with Crippen LogP contribution in [0.2, 0.25) is 0 Å². The third-order valence-electron chi connectivity index (χ3n) is 10.5. The van der Waals surface area contributed by atoms with Crippen molar-refractivity contribution >= 4 is 73.0 Å². The lowest BCUT2D eigenvalue weighted by Gasteiger charge is -2.35. The van der Waals surface area contributed by atoms with Crippen LogP contribution in [0.3, 0.4) is 0 Å². The number of aromatic hydroxyl groups is 1. The van der Waals surface area contributed by atoms with E-state index < -0.39 is 29.6 Å². The van der Waals surface area contributed by atoms with Crippen LogP contribution in [0.15, 0.2) is 99.2 Å². The fourth-order valence-corrected chi connectivity index (χ4v) is 10.1. The number of aromatic nitrogens is 2. The van der Waals surface area contributed by atoms with Crippen molar-refractivity contribution < 1.29 is 44.7 Å². The molecule has 6 aromatic rings. The average molecular weight is 891 g/mol. The highest BCUT2D eigenvalue weighted by Crippen LogP contribution is 2.38. The second kappa shape index (κ2) is 20.4. The third kappa shape index (κ3) is 11.1. The fourth-order valence-electron chi connectivity index (χ4n) is 7.38. The average Bonchev–Trinajstić information content (AvgIpc) is 4.04. The maximum atomic E-state index is 13.4. The number of esters is 1. The zero-order chi connectivity index (χ0) is 43.7. The van der Waals surface area contributed by atoms with E-state index in [1.54, 1.807) is 24.3 Å². The van der Waals surface area contributed by atoms with E-state index in [2.05, 4.69) is 22.2 Å². The predicted molar refractivity (Wildman–Crippen MR) is 234 cm³/mol. The maximum Gasteiger partial charge on any atom is 0.349 e. The molecule has 1 aliphatic carbocycles. The smallest absolute Gasteiger partial charge is 0.349 e. The van der Waals surface area contributed by atoms with Gasteiger partial charge in [0.15, 0.2) is 0 Å². The van der Waals surface area contributed by atoms with Gasteiger partial charge in [0.05, 0.1) is 31.6 Å². The Morgan fingerprint density at radius 2 is 1.64 bits per heavy atom. The van der Waals surface area contributed by atoms with Gasteiger partial charge in [0.2, 0.25) is 11.2 Å². The first-order chi connectivity index (χ1) is 29.2. The number of hydrogen-bond donors (Lipinski definition) is 7. The monoisotopic (exact) mass is 890 g/mol. The van der Waals surface area contributed by atoms with Crippen molar-refractivity contribution in [3.8, 4) is 5.75 Å². The highest BCUT2D eigenvalue weighted by atomic mass is 32.1. The van der Waals surface area contributed by atoms with Gasteiger partial charge in [-0.15, -0.1) is 22.7 Å². The quantitative estimate of drug-likeness (QED) is 0.0479. The topological polar surface area (TPSA) is 232 Å². The molecule has 1 saturated carbocycles. The molecule has 4 aromatic heterocycles. The second-order valence-corrected chi connectivity index (χ2v) is 17.5. The lowest BCUT2D eigenvalue weighted by Crippen LogP contribution is -2.42. The summed E-state index contributed by atoms with van der Waals surface area (Å²) >= 11 is 3.91. The molecule has 1 atom stereocenters. The molecule has 15 nitrogen and oxygen atoms in total. The Kier molecular flexibility index (Phi) is 15.1. The van der Waals surface area contributed by atoms with Crippen LogP contribution in [0.4, 0.5) is 0 Å². The van der Waals surface area contributed by atoms with E-state index in [9.17, 15) is 39.3 Å². The minimum absolute atomic E-state index is 0.00724. The SMILES string of the molecule is CN(CCCn1c(=O)sc2cc(CNCC(O)c3ccc(O)c4[nH]c(=O)ccc34)ccc21)[C@H]1CC[C@H](OC(=O)C(O)(c2cccs2)c2cccs2)CC1.O=C(O)/C=C/C(=O)O. The number of fused-ring (bicyclic) bond motifs is 2. The number of hydrogen-bond acceptors (Lipinski definition) is 14. The molecule has 1 unspecified atom stereocenters. The van der Waals surface area contributed by atoms with Crippen molar-refractivity contribution in [2.45, 2.75) is 69.0 Å². The molecule has 0 radical (unpaired) electrons. The number of carboxylic acids is 2. The van der Waals surface area contributed by atoms with E-state index in [0.29, 0.717) is 57.5 Å². The van der Waals surface area contributed by atoms with E-state index in [1.165, 1.54) is 46.1 Å². The molecule has 0 aliphatic heterocycles. The van der Waals surface area contributed by atoms with E-state index >= 15 is 0 Å². The van der Waals surface area contributed by atoms with Gasteiger partial charge in [-0.05, 0) is 104 Å². The number of nitrogens with one attached hydrogen (secondary N) is 2. The van der Waals surface area contributed by atoms with Gasteiger partial charge in [-0.2, -0.15) is 0 Å². The number of aryl methyl sites for hydroxylation is 1. The molecule has 1 fully saturated rings. The summed E-state index contributed by atoms with van der Waals surface area (Å²) in [4.78, 5) is 63.3. The van der Waals surface area contributed by atoms with Crippen LogP contribution in [0.25, 0.3) is 21.1 Å². The van der Waals surface area contributed by atoms with Crippen molar-refractivity contribution in [3.63, 3.8) is 0 Å². The lowest BCUT2D eigenvalue weighted by atomic mass is 9.91.